The highest BCUT2D eigenvalue weighted by Gasteiger charge is 2.14. The molecule has 1 aromatic carbocycles. The van der Waals surface area contributed by atoms with E-state index in [0.717, 1.165) is 31.7 Å². The molecule has 0 unspecified atom stereocenters. The van der Waals surface area contributed by atoms with E-state index in [0.29, 0.717) is 0 Å². The van der Waals surface area contributed by atoms with Gasteiger partial charge in [0.2, 0.25) is 0 Å². The van der Waals surface area contributed by atoms with Crippen LogP contribution in [0.2, 0.25) is 0 Å². The summed E-state index contributed by atoms with van der Waals surface area (Å²) in [7, 11) is 0. The Morgan fingerprint density at radius 3 is 2.56 bits per heavy atom. The molecule has 0 heterocycles. The van der Waals surface area contributed by atoms with Crippen molar-refractivity contribution in [3.63, 3.8) is 0 Å². The van der Waals surface area contributed by atoms with E-state index in [1.54, 1.807) is 0 Å². The highest BCUT2D eigenvalue weighted by atomic mass is 16.5. The van der Waals surface area contributed by atoms with Gasteiger partial charge < -0.3 is 10.5 Å². The number of rotatable bonds is 8. The van der Waals surface area contributed by atoms with E-state index in [1.807, 2.05) is 6.07 Å². The minimum atomic E-state index is 0.265. The molecule has 0 saturated carbocycles. The number of aryl methyl sites for hydroxylation is 1. The summed E-state index contributed by atoms with van der Waals surface area (Å²) in [6, 6.07) is 8.29. The molecule has 0 aliphatic heterocycles. The Balaban J connectivity index is 2.26. The number of benzene rings is 1. The Morgan fingerprint density at radius 1 is 1.17 bits per heavy atom. The Labute approximate surface area is 112 Å². The second-order valence-electron chi connectivity index (χ2n) is 5.64. The highest BCUT2D eigenvalue weighted by Crippen LogP contribution is 2.22. The topological polar surface area (TPSA) is 35.2 Å². The van der Waals surface area contributed by atoms with Gasteiger partial charge in [-0.3, -0.25) is 0 Å². The largest absolute Gasteiger partial charge is 0.493 e. The van der Waals surface area contributed by atoms with E-state index < -0.39 is 0 Å². The maximum Gasteiger partial charge on any atom is 0.122 e. The Kier molecular flexibility index (Phi) is 6.20. The van der Waals surface area contributed by atoms with Crippen molar-refractivity contribution in [2.24, 2.45) is 11.1 Å². The Hall–Kier alpha value is -1.02. The lowest BCUT2D eigenvalue weighted by Gasteiger charge is -2.21. The molecular formula is C16H27NO. The van der Waals surface area contributed by atoms with Crippen molar-refractivity contribution in [3.05, 3.63) is 29.8 Å². The lowest BCUT2D eigenvalue weighted by atomic mass is 9.87. The van der Waals surface area contributed by atoms with Gasteiger partial charge in [-0.05, 0) is 49.3 Å². The maximum atomic E-state index is 5.85. The normalized spacial score (nSPS) is 11.6. The molecule has 0 fully saturated rings. The fraction of sp³-hybridized carbons (Fsp3) is 0.625. The van der Waals surface area contributed by atoms with Gasteiger partial charge in [-0.2, -0.15) is 0 Å². The van der Waals surface area contributed by atoms with E-state index in [4.69, 9.17) is 10.5 Å². The highest BCUT2D eigenvalue weighted by molar-refractivity contribution is 5.33. The third-order valence-corrected chi connectivity index (χ3v) is 3.41. The van der Waals surface area contributed by atoms with Crippen LogP contribution in [0.1, 0.15) is 45.6 Å². The minimum absolute atomic E-state index is 0.265. The Bertz CT molecular complexity index is 347. The van der Waals surface area contributed by atoms with Crippen LogP contribution in [0, 0.1) is 5.41 Å². The van der Waals surface area contributed by atoms with E-state index >= 15 is 0 Å². The van der Waals surface area contributed by atoms with Gasteiger partial charge in [-0.15, -0.1) is 0 Å². The van der Waals surface area contributed by atoms with Crippen molar-refractivity contribution in [2.75, 3.05) is 13.2 Å². The molecule has 0 atom stereocenters. The number of unbranched alkanes of at least 4 members (excludes halogenated alkanes) is 1. The van der Waals surface area contributed by atoms with Crippen LogP contribution in [0.3, 0.4) is 0 Å². The summed E-state index contributed by atoms with van der Waals surface area (Å²) in [5.41, 5.74) is 7.28. The van der Waals surface area contributed by atoms with Crippen LogP contribution in [0.25, 0.3) is 0 Å². The van der Waals surface area contributed by atoms with Crippen LogP contribution in [0.15, 0.2) is 24.3 Å². The molecule has 0 saturated heterocycles. The van der Waals surface area contributed by atoms with Gasteiger partial charge in [0, 0.05) is 0 Å². The number of para-hydroxylation sites is 1. The molecule has 1 aromatic rings. The standard InChI is InChI=1S/C16H27NO/c1-4-14-9-5-6-10-15(14)18-12-8-7-11-16(2,3)13-17/h5-6,9-10H,4,7-8,11-13,17H2,1-3H3. The molecule has 102 valence electrons. The smallest absolute Gasteiger partial charge is 0.122 e. The van der Waals surface area contributed by atoms with Gasteiger partial charge in [0.15, 0.2) is 0 Å². The van der Waals surface area contributed by atoms with Gasteiger partial charge >= 0.3 is 0 Å². The van der Waals surface area contributed by atoms with Gasteiger partial charge in [-0.25, -0.2) is 0 Å². The monoisotopic (exact) mass is 249 g/mol. The van der Waals surface area contributed by atoms with E-state index in [2.05, 4.69) is 39.0 Å². The molecule has 18 heavy (non-hydrogen) atoms. The lowest BCUT2D eigenvalue weighted by Crippen LogP contribution is -2.23. The zero-order chi connectivity index (χ0) is 13.4. The molecule has 0 aromatic heterocycles. The lowest BCUT2D eigenvalue weighted by molar-refractivity contribution is 0.277. The van der Waals surface area contributed by atoms with Crippen LogP contribution in [0.4, 0.5) is 0 Å². The van der Waals surface area contributed by atoms with Crippen molar-refractivity contribution in [1.82, 2.24) is 0 Å². The molecule has 0 aliphatic carbocycles. The second kappa shape index (κ2) is 7.42. The van der Waals surface area contributed by atoms with Crippen LogP contribution in [0.5, 0.6) is 5.75 Å². The molecule has 0 aliphatic rings. The summed E-state index contributed by atoms with van der Waals surface area (Å²) in [6.07, 6.45) is 4.47. The van der Waals surface area contributed by atoms with Gasteiger partial charge in [0.1, 0.15) is 5.75 Å². The summed E-state index contributed by atoms with van der Waals surface area (Å²) in [5.74, 6) is 1.04. The number of ether oxygens (including phenoxy) is 1. The van der Waals surface area contributed by atoms with E-state index in [-0.39, 0.29) is 5.41 Å². The summed E-state index contributed by atoms with van der Waals surface area (Å²) in [4.78, 5) is 0. The number of hydrogen-bond acceptors (Lipinski definition) is 2. The van der Waals surface area contributed by atoms with Gasteiger partial charge in [-0.1, -0.05) is 39.0 Å². The number of hydrogen-bond donors (Lipinski definition) is 1. The van der Waals surface area contributed by atoms with Crippen molar-refractivity contribution >= 4 is 0 Å². The van der Waals surface area contributed by atoms with Crippen molar-refractivity contribution < 1.29 is 4.74 Å². The van der Waals surface area contributed by atoms with E-state index in [1.165, 1.54) is 18.4 Å². The summed E-state index contributed by atoms with van der Waals surface area (Å²) < 4.78 is 5.85. The summed E-state index contributed by atoms with van der Waals surface area (Å²) in [6.45, 7) is 8.16. The van der Waals surface area contributed by atoms with Gasteiger partial charge in [0.05, 0.1) is 6.61 Å². The molecule has 0 spiro atoms. The first-order chi connectivity index (χ1) is 8.59. The van der Waals surface area contributed by atoms with Crippen LogP contribution in [-0.2, 0) is 6.42 Å². The SMILES string of the molecule is CCc1ccccc1OCCCCC(C)(C)CN. The van der Waals surface area contributed by atoms with Crippen molar-refractivity contribution in [1.29, 1.82) is 0 Å². The molecule has 2 N–H and O–H groups in total. The fourth-order valence-electron chi connectivity index (χ4n) is 1.93. The number of nitrogens with two attached hydrogens (primary N) is 1. The molecule has 0 bridgehead atoms. The molecular weight excluding hydrogens is 222 g/mol. The van der Waals surface area contributed by atoms with Crippen molar-refractivity contribution in [3.8, 4) is 5.75 Å². The molecule has 0 radical (unpaired) electrons. The molecule has 2 heteroatoms. The zero-order valence-electron chi connectivity index (χ0n) is 12.0. The average molecular weight is 249 g/mol. The quantitative estimate of drug-likeness (QED) is 0.712. The second-order valence-corrected chi connectivity index (χ2v) is 5.64. The first-order valence-corrected chi connectivity index (χ1v) is 7.00. The zero-order valence-corrected chi connectivity index (χ0v) is 12.0. The summed E-state index contributed by atoms with van der Waals surface area (Å²) in [5, 5.41) is 0. The summed E-state index contributed by atoms with van der Waals surface area (Å²) >= 11 is 0. The maximum absolute atomic E-state index is 5.85. The Morgan fingerprint density at radius 2 is 1.89 bits per heavy atom. The van der Waals surface area contributed by atoms with Gasteiger partial charge in [0.25, 0.3) is 0 Å². The first kappa shape index (κ1) is 15.0. The first-order valence-electron chi connectivity index (χ1n) is 7.00. The van der Waals surface area contributed by atoms with Crippen LogP contribution >= 0.6 is 0 Å². The minimum Gasteiger partial charge on any atom is -0.493 e. The van der Waals surface area contributed by atoms with Crippen LogP contribution in [-0.4, -0.2) is 13.2 Å². The third-order valence-electron chi connectivity index (χ3n) is 3.41. The van der Waals surface area contributed by atoms with Crippen LogP contribution < -0.4 is 10.5 Å². The van der Waals surface area contributed by atoms with E-state index in [9.17, 15) is 0 Å². The molecule has 0 amide bonds. The molecule has 1 rings (SSSR count). The molecule has 2 nitrogen and oxygen atoms in total. The average Bonchev–Trinajstić information content (AvgIpc) is 2.38. The fourth-order valence-corrected chi connectivity index (χ4v) is 1.93. The predicted molar refractivity (Wildman–Crippen MR) is 78.0 cm³/mol. The van der Waals surface area contributed by atoms with Crippen molar-refractivity contribution in [2.45, 2.75) is 46.5 Å². The predicted octanol–water partition coefficient (Wildman–Crippen LogP) is 3.78. The third kappa shape index (κ3) is 5.09.